The molecule has 0 aliphatic rings. The lowest BCUT2D eigenvalue weighted by atomic mass is 9.99. The van der Waals surface area contributed by atoms with Gasteiger partial charge in [-0.25, -0.2) is 29.6 Å². The molecule has 0 fully saturated rings. The van der Waals surface area contributed by atoms with E-state index >= 15 is 0 Å². The molecular weight excluding hydrogens is 795 g/mol. The predicted molar refractivity (Wildman–Crippen MR) is 263 cm³/mol. The third kappa shape index (κ3) is 7.36. The molecule has 3 heterocycles. The van der Waals surface area contributed by atoms with E-state index in [-0.39, 0.29) is 0 Å². The van der Waals surface area contributed by atoms with Crippen molar-refractivity contribution in [2.45, 2.75) is 0 Å². The van der Waals surface area contributed by atoms with Crippen molar-refractivity contribution in [1.82, 2.24) is 24.5 Å². The number of hydrogen-bond acceptors (Lipinski definition) is 4. The standard InChI is InChI=1S/C58H35N7/c1-59-45-31-44(32-46(35-45)60-2)42-27-29-48-47-25-15-16-26-54(47)65(56(48)34-42)55-30-28-43(52-36-50(38-17-7-3-8-18-38)61-57(63-52)40-21-11-5-12-22-40)33-49(55)53-37-51(39-19-9-4-10-20-39)62-58(64-53)41-23-13-6-14-24-41/h3-37H. The summed E-state index contributed by atoms with van der Waals surface area (Å²) in [5, 5.41) is 2.16. The Kier molecular flexibility index (Phi) is 9.82. The number of rotatable bonds is 8. The quantitative estimate of drug-likeness (QED) is 0.143. The molecule has 11 rings (SSSR count). The van der Waals surface area contributed by atoms with Gasteiger partial charge in [0.15, 0.2) is 23.0 Å². The molecule has 0 saturated heterocycles. The number of benzene rings is 8. The molecule has 0 aliphatic heterocycles. The van der Waals surface area contributed by atoms with Crippen molar-refractivity contribution in [3.63, 3.8) is 0 Å². The van der Waals surface area contributed by atoms with E-state index < -0.39 is 0 Å². The van der Waals surface area contributed by atoms with Crippen molar-refractivity contribution in [2.24, 2.45) is 0 Å². The molecule has 0 aliphatic carbocycles. The molecule has 7 heteroatoms. The fourth-order valence-corrected chi connectivity index (χ4v) is 8.52. The summed E-state index contributed by atoms with van der Waals surface area (Å²) in [7, 11) is 0. The van der Waals surface area contributed by atoms with Crippen LogP contribution >= 0.6 is 0 Å². The van der Waals surface area contributed by atoms with Gasteiger partial charge in [0.1, 0.15) is 0 Å². The topological polar surface area (TPSA) is 65.2 Å². The Labute approximate surface area is 375 Å². The van der Waals surface area contributed by atoms with Gasteiger partial charge in [-0.2, -0.15) is 0 Å². The van der Waals surface area contributed by atoms with Crippen LogP contribution in [0.15, 0.2) is 212 Å². The first-order chi connectivity index (χ1) is 32.1. The third-order valence-corrected chi connectivity index (χ3v) is 11.6. The average molecular weight is 830 g/mol. The lowest BCUT2D eigenvalue weighted by Crippen LogP contribution is -2.02. The zero-order valence-corrected chi connectivity index (χ0v) is 34.8. The molecule has 0 spiro atoms. The Morgan fingerprint density at radius 3 is 1.35 bits per heavy atom. The lowest BCUT2D eigenvalue weighted by Gasteiger charge is -2.17. The fraction of sp³-hybridized carbons (Fsp3) is 0. The SMILES string of the molecule is [C-]#[N+]c1cc([N+]#[C-])cc(-c2ccc3c4ccccc4n(-c4ccc(-c5cc(-c6ccccc6)nc(-c6ccccc6)n5)cc4-c4cc(-c5ccccc5)nc(-c5ccccc5)n4)c3c2)c1. The molecular formula is C58H35N7. The van der Waals surface area contributed by atoms with Gasteiger partial charge in [0.25, 0.3) is 0 Å². The Bertz CT molecular complexity index is 3520. The second kappa shape index (κ2) is 16.5. The highest BCUT2D eigenvalue weighted by Gasteiger charge is 2.21. The van der Waals surface area contributed by atoms with Gasteiger partial charge in [-0.05, 0) is 47.5 Å². The Morgan fingerprint density at radius 2 is 0.785 bits per heavy atom. The first-order valence-electron chi connectivity index (χ1n) is 21.2. The maximum absolute atomic E-state index is 7.76. The molecule has 8 aromatic carbocycles. The molecule has 0 atom stereocenters. The smallest absolute Gasteiger partial charge is 0.177 e. The number of aromatic nitrogens is 5. The highest BCUT2D eigenvalue weighted by atomic mass is 15.0. The minimum absolute atomic E-state index is 0.426. The summed E-state index contributed by atoms with van der Waals surface area (Å²) in [6.07, 6.45) is 0. The summed E-state index contributed by atoms with van der Waals surface area (Å²) in [6.45, 7) is 15.5. The molecule has 0 unspecified atom stereocenters. The summed E-state index contributed by atoms with van der Waals surface area (Å²) in [4.78, 5) is 28.2. The van der Waals surface area contributed by atoms with Crippen LogP contribution in [-0.2, 0) is 0 Å². The zero-order chi connectivity index (χ0) is 43.7. The molecule has 0 radical (unpaired) electrons. The highest BCUT2D eigenvalue weighted by Crippen LogP contribution is 2.41. The van der Waals surface area contributed by atoms with Gasteiger partial charge in [0.2, 0.25) is 0 Å². The van der Waals surface area contributed by atoms with Gasteiger partial charge < -0.3 is 4.57 Å². The van der Waals surface area contributed by atoms with Gasteiger partial charge in [-0.15, -0.1) is 0 Å². The van der Waals surface area contributed by atoms with Crippen molar-refractivity contribution in [2.75, 3.05) is 0 Å². The number of nitrogens with zero attached hydrogens (tertiary/aromatic N) is 7. The van der Waals surface area contributed by atoms with Crippen LogP contribution in [0.5, 0.6) is 0 Å². The van der Waals surface area contributed by atoms with E-state index in [1.54, 1.807) is 6.07 Å². The van der Waals surface area contributed by atoms with E-state index in [0.717, 1.165) is 94.8 Å². The van der Waals surface area contributed by atoms with E-state index in [2.05, 4.69) is 111 Å². The van der Waals surface area contributed by atoms with Crippen LogP contribution in [0.3, 0.4) is 0 Å². The Hall–Kier alpha value is -9.30. The largest absolute Gasteiger partial charge is 0.309 e. The van der Waals surface area contributed by atoms with E-state index in [9.17, 15) is 0 Å². The summed E-state index contributed by atoms with van der Waals surface area (Å²) in [5.74, 6) is 1.24. The zero-order valence-electron chi connectivity index (χ0n) is 34.8. The van der Waals surface area contributed by atoms with Crippen molar-refractivity contribution in [3.8, 4) is 84.6 Å². The summed E-state index contributed by atoms with van der Waals surface area (Å²) < 4.78 is 2.30. The molecule has 0 bridgehead atoms. The van der Waals surface area contributed by atoms with Crippen LogP contribution in [-0.4, -0.2) is 24.5 Å². The van der Waals surface area contributed by atoms with Gasteiger partial charge in [0, 0.05) is 44.2 Å². The second-order valence-electron chi connectivity index (χ2n) is 15.7. The number of fused-ring (bicyclic) bond motifs is 3. The van der Waals surface area contributed by atoms with Crippen LogP contribution in [0, 0.1) is 13.1 Å². The average Bonchev–Trinajstić information content (AvgIpc) is 3.72. The number of hydrogen-bond donors (Lipinski definition) is 0. The lowest BCUT2D eigenvalue weighted by molar-refractivity contribution is 1.15. The Morgan fingerprint density at radius 1 is 0.323 bits per heavy atom. The van der Waals surface area contributed by atoms with Crippen LogP contribution in [0.4, 0.5) is 11.4 Å². The van der Waals surface area contributed by atoms with Crippen molar-refractivity contribution >= 4 is 33.2 Å². The van der Waals surface area contributed by atoms with Crippen LogP contribution in [0.2, 0.25) is 0 Å². The van der Waals surface area contributed by atoms with E-state index in [4.69, 9.17) is 33.1 Å². The molecule has 11 aromatic rings. The van der Waals surface area contributed by atoms with Crippen LogP contribution in [0.25, 0.3) is 116 Å². The van der Waals surface area contributed by atoms with Crippen molar-refractivity contribution < 1.29 is 0 Å². The van der Waals surface area contributed by atoms with Crippen molar-refractivity contribution in [1.29, 1.82) is 0 Å². The Balaban J connectivity index is 1.21. The summed E-state index contributed by atoms with van der Waals surface area (Å²) in [5.41, 5.74) is 14.1. The summed E-state index contributed by atoms with van der Waals surface area (Å²) >= 11 is 0. The number of para-hydroxylation sites is 1. The maximum atomic E-state index is 7.76. The predicted octanol–water partition coefficient (Wildman–Crippen LogP) is 15.1. The first-order valence-corrected chi connectivity index (χ1v) is 21.2. The second-order valence-corrected chi connectivity index (χ2v) is 15.7. The monoisotopic (exact) mass is 829 g/mol. The molecule has 65 heavy (non-hydrogen) atoms. The molecule has 0 amide bonds. The molecule has 302 valence electrons. The minimum atomic E-state index is 0.426. The third-order valence-electron chi connectivity index (χ3n) is 11.6. The molecule has 0 N–H and O–H groups in total. The van der Waals surface area contributed by atoms with E-state index in [1.807, 2.05) is 109 Å². The molecule has 7 nitrogen and oxygen atoms in total. The first kappa shape index (κ1) is 38.6. The van der Waals surface area contributed by atoms with Gasteiger partial charge in [0.05, 0.1) is 52.6 Å². The van der Waals surface area contributed by atoms with E-state index in [0.29, 0.717) is 23.0 Å². The minimum Gasteiger partial charge on any atom is -0.309 e. The van der Waals surface area contributed by atoms with Crippen molar-refractivity contribution in [3.05, 3.63) is 235 Å². The molecule has 3 aromatic heterocycles. The molecule has 0 saturated carbocycles. The van der Waals surface area contributed by atoms with Crippen LogP contribution < -0.4 is 0 Å². The fourth-order valence-electron chi connectivity index (χ4n) is 8.52. The van der Waals surface area contributed by atoms with Gasteiger partial charge in [-0.1, -0.05) is 176 Å². The highest BCUT2D eigenvalue weighted by molar-refractivity contribution is 6.11. The van der Waals surface area contributed by atoms with Crippen LogP contribution in [0.1, 0.15) is 0 Å². The summed E-state index contributed by atoms with van der Waals surface area (Å²) in [6, 6.07) is 71.4. The van der Waals surface area contributed by atoms with E-state index in [1.165, 1.54) is 0 Å². The maximum Gasteiger partial charge on any atom is 0.177 e. The van der Waals surface area contributed by atoms with Gasteiger partial charge >= 0.3 is 0 Å². The van der Waals surface area contributed by atoms with Gasteiger partial charge in [-0.3, -0.25) is 0 Å². The normalized spacial score (nSPS) is 11.0.